The Balaban J connectivity index is 2.33. The molecular formula is C14H14N2OS. The summed E-state index contributed by atoms with van der Waals surface area (Å²) in [6.07, 6.45) is 0.425. The van der Waals surface area contributed by atoms with Crippen LogP contribution < -0.4 is 4.74 Å². The van der Waals surface area contributed by atoms with Gasteiger partial charge in [0.2, 0.25) is 0 Å². The van der Waals surface area contributed by atoms with Gasteiger partial charge in [-0.2, -0.15) is 5.26 Å². The van der Waals surface area contributed by atoms with Crippen LogP contribution in [0.4, 0.5) is 0 Å². The van der Waals surface area contributed by atoms with Crippen LogP contribution in [0.15, 0.2) is 24.3 Å². The minimum Gasteiger partial charge on any atom is -0.494 e. The Morgan fingerprint density at radius 2 is 2.28 bits per heavy atom. The lowest BCUT2D eigenvalue weighted by Gasteiger charge is -2.03. The van der Waals surface area contributed by atoms with E-state index in [1.165, 1.54) is 0 Å². The summed E-state index contributed by atoms with van der Waals surface area (Å²) >= 11 is 1.57. The fourth-order valence-electron chi connectivity index (χ4n) is 1.67. The number of rotatable bonds is 4. The van der Waals surface area contributed by atoms with Crippen LogP contribution in [0.1, 0.15) is 17.5 Å². The molecule has 0 bridgehead atoms. The highest BCUT2D eigenvalue weighted by atomic mass is 32.1. The van der Waals surface area contributed by atoms with E-state index in [1.54, 1.807) is 11.3 Å². The van der Waals surface area contributed by atoms with Crippen molar-refractivity contribution in [2.75, 3.05) is 6.61 Å². The third-order valence-corrected chi connectivity index (χ3v) is 3.73. The van der Waals surface area contributed by atoms with Gasteiger partial charge in [-0.1, -0.05) is 12.1 Å². The Kier molecular flexibility index (Phi) is 3.96. The van der Waals surface area contributed by atoms with Gasteiger partial charge >= 0.3 is 0 Å². The first-order valence-corrected chi connectivity index (χ1v) is 6.62. The number of hydrogen-bond acceptors (Lipinski definition) is 4. The van der Waals surface area contributed by atoms with E-state index in [0.29, 0.717) is 13.0 Å². The van der Waals surface area contributed by atoms with Gasteiger partial charge in [0.05, 0.1) is 24.8 Å². The van der Waals surface area contributed by atoms with E-state index in [-0.39, 0.29) is 0 Å². The molecule has 4 heteroatoms. The monoisotopic (exact) mass is 258 g/mol. The molecule has 2 rings (SSSR count). The second-order valence-electron chi connectivity index (χ2n) is 3.82. The van der Waals surface area contributed by atoms with Crippen LogP contribution in [0.5, 0.6) is 5.75 Å². The van der Waals surface area contributed by atoms with Crippen molar-refractivity contribution in [3.05, 3.63) is 34.8 Å². The Morgan fingerprint density at radius 3 is 3.00 bits per heavy atom. The SMILES string of the molecule is CCOc1cccc(-c2nc(C)c(CC#N)s2)c1. The molecule has 0 aliphatic carbocycles. The fourth-order valence-corrected chi connectivity index (χ4v) is 2.66. The van der Waals surface area contributed by atoms with Crippen LogP contribution in [-0.4, -0.2) is 11.6 Å². The van der Waals surface area contributed by atoms with Gasteiger partial charge in [-0.15, -0.1) is 11.3 Å². The van der Waals surface area contributed by atoms with E-state index in [4.69, 9.17) is 10.00 Å². The highest BCUT2D eigenvalue weighted by molar-refractivity contribution is 7.15. The quantitative estimate of drug-likeness (QED) is 0.842. The molecule has 2 aromatic rings. The zero-order valence-corrected chi connectivity index (χ0v) is 11.3. The van der Waals surface area contributed by atoms with Gasteiger partial charge in [-0.25, -0.2) is 4.98 Å². The van der Waals surface area contributed by atoms with Crippen LogP contribution in [0, 0.1) is 18.3 Å². The summed E-state index contributed by atoms with van der Waals surface area (Å²) in [7, 11) is 0. The molecule has 0 N–H and O–H groups in total. The van der Waals surface area contributed by atoms with Crippen molar-refractivity contribution in [1.29, 1.82) is 5.26 Å². The lowest BCUT2D eigenvalue weighted by molar-refractivity contribution is 0.340. The molecule has 0 fully saturated rings. The van der Waals surface area contributed by atoms with Crippen LogP contribution in [0.2, 0.25) is 0 Å². The normalized spacial score (nSPS) is 10.1. The number of thiazole rings is 1. The van der Waals surface area contributed by atoms with Crippen LogP contribution in [-0.2, 0) is 6.42 Å². The lowest BCUT2D eigenvalue weighted by Crippen LogP contribution is -1.91. The number of ether oxygens (including phenoxy) is 1. The molecule has 18 heavy (non-hydrogen) atoms. The van der Waals surface area contributed by atoms with E-state index in [1.807, 2.05) is 38.1 Å². The maximum Gasteiger partial charge on any atom is 0.124 e. The first kappa shape index (κ1) is 12.6. The molecule has 1 aromatic carbocycles. The van der Waals surface area contributed by atoms with Gasteiger partial charge in [-0.3, -0.25) is 0 Å². The molecule has 0 aliphatic rings. The molecule has 0 amide bonds. The third kappa shape index (κ3) is 2.69. The number of aromatic nitrogens is 1. The Morgan fingerprint density at radius 1 is 1.44 bits per heavy atom. The fraction of sp³-hybridized carbons (Fsp3) is 0.286. The number of nitrogens with zero attached hydrogens (tertiary/aromatic N) is 2. The van der Waals surface area contributed by atoms with Crippen molar-refractivity contribution in [2.45, 2.75) is 20.3 Å². The summed E-state index contributed by atoms with van der Waals surface area (Å²) in [5, 5.41) is 9.69. The average Bonchev–Trinajstić information content (AvgIpc) is 2.73. The summed E-state index contributed by atoms with van der Waals surface area (Å²) < 4.78 is 5.48. The zero-order valence-electron chi connectivity index (χ0n) is 10.4. The maximum atomic E-state index is 8.75. The maximum absolute atomic E-state index is 8.75. The Labute approximate surface area is 111 Å². The van der Waals surface area contributed by atoms with E-state index in [0.717, 1.165) is 26.9 Å². The largest absolute Gasteiger partial charge is 0.494 e. The summed E-state index contributed by atoms with van der Waals surface area (Å²) in [6.45, 7) is 4.56. The van der Waals surface area contributed by atoms with Gasteiger partial charge in [0, 0.05) is 10.4 Å². The Bertz CT molecular complexity index is 584. The van der Waals surface area contributed by atoms with E-state index in [2.05, 4.69) is 11.1 Å². The molecule has 1 aromatic heterocycles. The summed E-state index contributed by atoms with van der Waals surface area (Å²) in [5.41, 5.74) is 1.98. The van der Waals surface area contributed by atoms with Gasteiger partial charge in [0.25, 0.3) is 0 Å². The first-order valence-electron chi connectivity index (χ1n) is 5.81. The van der Waals surface area contributed by atoms with Gasteiger partial charge in [-0.05, 0) is 26.0 Å². The predicted octanol–water partition coefficient (Wildman–Crippen LogP) is 3.58. The molecule has 0 saturated heterocycles. The average molecular weight is 258 g/mol. The van der Waals surface area contributed by atoms with Crippen LogP contribution >= 0.6 is 11.3 Å². The molecule has 0 spiro atoms. The number of hydrogen-bond donors (Lipinski definition) is 0. The molecule has 0 radical (unpaired) electrons. The molecule has 0 unspecified atom stereocenters. The minimum absolute atomic E-state index is 0.425. The van der Waals surface area contributed by atoms with Crippen molar-refractivity contribution in [1.82, 2.24) is 4.98 Å². The molecule has 0 atom stereocenters. The number of benzene rings is 1. The predicted molar refractivity (Wildman–Crippen MR) is 72.8 cm³/mol. The summed E-state index contributed by atoms with van der Waals surface area (Å²) in [6, 6.07) is 10.1. The zero-order chi connectivity index (χ0) is 13.0. The van der Waals surface area contributed by atoms with Crippen molar-refractivity contribution < 1.29 is 4.74 Å². The summed E-state index contributed by atoms with van der Waals surface area (Å²) in [5.74, 6) is 0.852. The third-order valence-electron chi connectivity index (χ3n) is 2.52. The van der Waals surface area contributed by atoms with E-state index in [9.17, 15) is 0 Å². The highest BCUT2D eigenvalue weighted by Gasteiger charge is 2.09. The lowest BCUT2D eigenvalue weighted by atomic mass is 10.2. The highest BCUT2D eigenvalue weighted by Crippen LogP contribution is 2.30. The number of aryl methyl sites for hydroxylation is 1. The van der Waals surface area contributed by atoms with E-state index >= 15 is 0 Å². The van der Waals surface area contributed by atoms with Crippen molar-refractivity contribution in [2.24, 2.45) is 0 Å². The van der Waals surface area contributed by atoms with Crippen molar-refractivity contribution in [3.63, 3.8) is 0 Å². The summed E-state index contributed by atoms with van der Waals surface area (Å²) in [4.78, 5) is 5.55. The molecule has 1 heterocycles. The molecule has 92 valence electrons. The second-order valence-corrected chi connectivity index (χ2v) is 4.91. The Hall–Kier alpha value is -1.86. The minimum atomic E-state index is 0.425. The standard InChI is InChI=1S/C14H14N2OS/c1-3-17-12-6-4-5-11(9-12)14-16-10(2)13(18-14)7-8-15/h4-6,9H,3,7H2,1-2H3. The smallest absolute Gasteiger partial charge is 0.124 e. The second kappa shape index (κ2) is 5.65. The van der Waals surface area contributed by atoms with Gasteiger partial charge < -0.3 is 4.74 Å². The van der Waals surface area contributed by atoms with Gasteiger partial charge in [0.15, 0.2) is 0 Å². The topological polar surface area (TPSA) is 45.9 Å². The van der Waals surface area contributed by atoms with E-state index < -0.39 is 0 Å². The number of nitriles is 1. The molecular weight excluding hydrogens is 244 g/mol. The first-order chi connectivity index (χ1) is 8.74. The van der Waals surface area contributed by atoms with Crippen LogP contribution in [0.3, 0.4) is 0 Å². The van der Waals surface area contributed by atoms with Crippen LogP contribution in [0.25, 0.3) is 10.6 Å². The van der Waals surface area contributed by atoms with Gasteiger partial charge in [0.1, 0.15) is 10.8 Å². The van der Waals surface area contributed by atoms with Crippen molar-refractivity contribution >= 4 is 11.3 Å². The van der Waals surface area contributed by atoms with Crippen molar-refractivity contribution in [3.8, 4) is 22.4 Å². The molecule has 0 aliphatic heterocycles. The molecule has 3 nitrogen and oxygen atoms in total. The molecule has 0 saturated carbocycles.